The summed E-state index contributed by atoms with van der Waals surface area (Å²) < 4.78 is 27.2. The number of amides is 1. The van der Waals surface area contributed by atoms with Crippen molar-refractivity contribution >= 4 is 11.6 Å². The van der Waals surface area contributed by atoms with Gasteiger partial charge in [0, 0.05) is 49.6 Å². The fourth-order valence-corrected chi connectivity index (χ4v) is 2.98. The SMILES string of the molecule is CCc1cc(C(=O)N2CCN(c3cc(F)ccc3F)CC2)cc(=O)[nH]1. The molecule has 0 radical (unpaired) electrons. The maximum atomic E-state index is 13.9. The van der Waals surface area contributed by atoms with Crippen molar-refractivity contribution in [2.24, 2.45) is 0 Å². The van der Waals surface area contributed by atoms with Crippen LogP contribution in [0.2, 0.25) is 0 Å². The second-order valence-electron chi connectivity index (χ2n) is 5.99. The summed E-state index contributed by atoms with van der Waals surface area (Å²) in [4.78, 5) is 30.3. The Morgan fingerprint density at radius 1 is 1.12 bits per heavy atom. The molecule has 1 N–H and O–H groups in total. The second kappa shape index (κ2) is 7.04. The van der Waals surface area contributed by atoms with Gasteiger partial charge in [-0.15, -0.1) is 0 Å². The molecule has 1 aromatic heterocycles. The lowest BCUT2D eigenvalue weighted by Gasteiger charge is -2.36. The van der Waals surface area contributed by atoms with Gasteiger partial charge in [-0.1, -0.05) is 6.92 Å². The highest BCUT2D eigenvalue weighted by atomic mass is 19.1. The predicted molar refractivity (Wildman–Crippen MR) is 90.9 cm³/mol. The van der Waals surface area contributed by atoms with Crippen LogP contribution in [-0.2, 0) is 6.42 Å². The first-order valence-corrected chi connectivity index (χ1v) is 8.20. The van der Waals surface area contributed by atoms with E-state index < -0.39 is 11.6 Å². The van der Waals surface area contributed by atoms with Crippen LogP contribution in [0, 0.1) is 11.6 Å². The molecule has 0 saturated carbocycles. The van der Waals surface area contributed by atoms with Crippen LogP contribution in [0.15, 0.2) is 35.1 Å². The minimum absolute atomic E-state index is 0.205. The molecule has 1 fully saturated rings. The Morgan fingerprint density at radius 3 is 2.52 bits per heavy atom. The number of benzene rings is 1. The van der Waals surface area contributed by atoms with E-state index in [4.69, 9.17) is 0 Å². The molecule has 25 heavy (non-hydrogen) atoms. The highest BCUT2D eigenvalue weighted by Crippen LogP contribution is 2.22. The summed E-state index contributed by atoms with van der Waals surface area (Å²) in [6.45, 7) is 3.45. The molecule has 2 heterocycles. The van der Waals surface area contributed by atoms with Gasteiger partial charge in [0.15, 0.2) is 0 Å². The molecule has 1 aliphatic heterocycles. The number of aromatic amines is 1. The zero-order valence-corrected chi connectivity index (χ0v) is 13.9. The number of rotatable bonds is 3. The van der Waals surface area contributed by atoms with E-state index in [1.807, 2.05) is 6.92 Å². The third kappa shape index (κ3) is 3.70. The van der Waals surface area contributed by atoms with E-state index in [-0.39, 0.29) is 17.2 Å². The smallest absolute Gasteiger partial charge is 0.254 e. The summed E-state index contributed by atoms with van der Waals surface area (Å²) in [7, 11) is 0. The molecular formula is C18H19F2N3O2. The molecular weight excluding hydrogens is 328 g/mol. The van der Waals surface area contributed by atoms with E-state index in [9.17, 15) is 18.4 Å². The van der Waals surface area contributed by atoms with Crippen LogP contribution in [0.25, 0.3) is 0 Å². The third-order valence-corrected chi connectivity index (χ3v) is 4.34. The molecule has 3 rings (SSSR count). The van der Waals surface area contributed by atoms with Gasteiger partial charge >= 0.3 is 0 Å². The summed E-state index contributed by atoms with van der Waals surface area (Å²) in [5.74, 6) is -1.20. The van der Waals surface area contributed by atoms with Crippen molar-refractivity contribution in [1.82, 2.24) is 9.88 Å². The van der Waals surface area contributed by atoms with Gasteiger partial charge in [-0.25, -0.2) is 8.78 Å². The zero-order valence-electron chi connectivity index (χ0n) is 13.9. The number of aryl methyl sites for hydroxylation is 1. The lowest BCUT2D eigenvalue weighted by Crippen LogP contribution is -2.49. The number of anilines is 1. The summed E-state index contributed by atoms with van der Waals surface area (Å²) in [5, 5.41) is 0. The van der Waals surface area contributed by atoms with Gasteiger partial charge in [0.1, 0.15) is 11.6 Å². The molecule has 1 aromatic carbocycles. The molecule has 0 atom stereocenters. The summed E-state index contributed by atoms with van der Waals surface area (Å²) in [5.41, 5.74) is 0.960. The highest BCUT2D eigenvalue weighted by molar-refractivity contribution is 5.94. The number of carbonyl (C=O) groups excluding carboxylic acids is 1. The lowest BCUT2D eigenvalue weighted by molar-refractivity contribution is 0.0746. The summed E-state index contributed by atoms with van der Waals surface area (Å²) in [6, 6.07) is 6.32. The normalized spacial score (nSPS) is 14.7. The van der Waals surface area contributed by atoms with Crippen LogP contribution in [0.1, 0.15) is 23.0 Å². The average Bonchev–Trinajstić information content (AvgIpc) is 2.62. The van der Waals surface area contributed by atoms with Crippen molar-refractivity contribution in [2.75, 3.05) is 31.1 Å². The zero-order chi connectivity index (χ0) is 18.0. The standard InChI is InChI=1S/C18H19F2N3O2/c1-2-14-9-12(10-17(24)21-14)18(25)23-7-5-22(6-8-23)16-11-13(19)3-4-15(16)20/h3-4,9-11H,2,5-8H2,1H3,(H,21,24). The van der Waals surface area contributed by atoms with E-state index in [2.05, 4.69) is 4.98 Å². The van der Waals surface area contributed by atoms with Crippen LogP contribution in [0.4, 0.5) is 14.5 Å². The van der Waals surface area contributed by atoms with Crippen LogP contribution < -0.4 is 10.5 Å². The molecule has 1 amide bonds. The van der Waals surface area contributed by atoms with Crippen molar-refractivity contribution in [3.8, 4) is 0 Å². The first-order chi connectivity index (χ1) is 12.0. The molecule has 1 saturated heterocycles. The number of carbonyl (C=O) groups is 1. The van der Waals surface area contributed by atoms with Crippen LogP contribution in [0.5, 0.6) is 0 Å². The number of halogens is 2. The molecule has 0 spiro atoms. The van der Waals surface area contributed by atoms with E-state index in [0.717, 1.165) is 18.2 Å². The Labute approximate surface area is 143 Å². The van der Waals surface area contributed by atoms with Crippen LogP contribution >= 0.6 is 0 Å². The fourth-order valence-electron chi connectivity index (χ4n) is 2.98. The minimum atomic E-state index is -0.495. The summed E-state index contributed by atoms with van der Waals surface area (Å²) in [6.07, 6.45) is 0.628. The average molecular weight is 347 g/mol. The first-order valence-electron chi connectivity index (χ1n) is 8.20. The maximum absolute atomic E-state index is 13.9. The van der Waals surface area contributed by atoms with Crippen molar-refractivity contribution in [1.29, 1.82) is 0 Å². The third-order valence-electron chi connectivity index (χ3n) is 4.34. The Morgan fingerprint density at radius 2 is 1.84 bits per heavy atom. The van der Waals surface area contributed by atoms with Gasteiger partial charge in [-0.2, -0.15) is 0 Å². The molecule has 5 nitrogen and oxygen atoms in total. The van der Waals surface area contributed by atoms with Gasteiger partial charge in [-0.3, -0.25) is 9.59 Å². The van der Waals surface area contributed by atoms with E-state index in [0.29, 0.717) is 43.9 Å². The van der Waals surface area contributed by atoms with Gasteiger partial charge in [0.05, 0.1) is 5.69 Å². The Balaban J connectivity index is 1.72. The molecule has 2 aromatic rings. The highest BCUT2D eigenvalue weighted by Gasteiger charge is 2.24. The van der Waals surface area contributed by atoms with Crippen LogP contribution in [-0.4, -0.2) is 42.0 Å². The first kappa shape index (κ1) is 17.1. The minimum Gasteiger partial charge on any atom is -0.366 e. The number of nitrogens with one attached hydrogen (secondary N) is 1. The van der Waals surface area contributed by atoms with E-state index in [1.165, 1.54) is 6.07 Å². The Hall–Kier alpha value is -2.70. The molecule has 1 aliphatic rings. The number of nitrogens with zero attached hydrogens (tertiary/aromatic N) is 2. The number of hydrogen-bond acceptors (Lipinski definition) is 3. The molecule has 7 heteroatoms. The van der Waals surface area contributed by atoms with Gasteiger partial charge < -0.3 is 14.8 Å². The number of aromatic nitrogens is 1. The van der Waals surface area contributed by atoms with E-state index >= 15 is 0 Å². The monoisotopic (exact) mass is 347 g/mol. The number of hydrogen-bond donors (Lipinski definition) is 1. The Bertz CT molecular complexity index is 842. The second-order valence-corrected chi connectivity index (χ2v) is 5.99. The molecule has 0 unspecified atom stereocenters. The fraction of sp³-hybridized carbons (Fsp3) is 0.333. The quantitative estimate of drug-likeness (QED) is 0.926. The van der Waals surface area contributed by atoms with Gasteiger partial charge in [0.2, 0.25) is 5.56 Å². The number of H-pyrrole nitrogens is 1. The topological polar surface area (TPSA) is 56.4 Å². The largest absolute Gasteiger partial charge is 0.366 e. The predicted octanol–water partition coefficient (Wildman–Crippen LogP) is 2.18. The Kier molecular flexibility index (Phi) is 4.83. The van der Waals surface area contributed by atoms with Gasteiger partial charge in [-0.05, 0) is 24.6 Å². The van der Waals surface area contributed by atoms with Crippen molar-refractivity contribution in [2.45, 2.75) is 13.3 Å². The molecule has 0 aliphatic carbocycles. The van der Waals surface area contributed by atoms with E-state index in [1.54, 1.807) is 15.9 Å². The molecule has 132 valence electrons. The van der Waals surface area contributed by atoms with Gasteiger partial charge in [0.25, 0.3) is 5.91 Å². The molecule has 0 bridgehead atoms. The van der Waals surface area contributed by atoms with Crippen molar-refractivity contribution in [3.05, 3.63) is 63.6 Å². The maximum Gasteiger partial charge on any atom is 0.254 e. The van der Waals surface area contributed by atoms with Crippen molar-refractivity contribution in [3.63, 3.8) is 0 Å². The summed E-state index contributed by atoms with van der Waals surface area (Å²) >= 11 is 0. The number of piperazine rings is 1. The van der Waals surface area contributed by atoms with Crippen LogP contribution in [0.3, 0.4) is 0 Å². The number of pyridine rings is 1. The lowest BCUT2D eigenvalue weighted by atomic mass is 10.1. The van der Waals surface area contributed by atoms with Crippen molar-refractivity contribution < 1.29 is 13.6 Å².